The van der Waals surface area contributed by atoms with Gasteiger partial charge in [-0.05, 0) is 50.6 Å². The molecule has 1 aromatic carbocycles. The summed E-state index contributed by atoms with van der Waals surface area (Å²) >= 11 is 0. The van der Waals surface area contributed by atoms with Crippen LogP contribution in [0.1, 0.15) is 37.6 Å². The van der Waals surface area contributed by atoms with E-state index >= 15 is 0 Å². The lowest BCUT2D eigenvalue weighted by Gasteiger charge is -2.29. The van der Waals surface area contributed by atoms with E-state index < -0.39 is 5.92 Å². The Morgan fingerprint density at radius 3 is 2.73 bits per heavy atom. The van der Waals surface area contributed by atoms with Crippen molar-refractivity contribution in [2.75, 3.05) is 44.2 Å². The number of aromatic nitrogens is 1. The molecule has 0 bridgehead atoms. The Morgan fingerprint density at radius 1 is 1.22 bits per heavy atom. The number of benzene rings is 1. The third-order valence-corrected chi connectivity index (χ3v) is 7.02. The molecule has 0 spiro atoms. The normalized spacial score (nSPS) is 21.3. The molecule has 0 radical (unpaired) electrons. The van der Waals surface area contributed by atoms with Crippen LogP contribution in [0.25, 0.3) is 11.1 Å². The quantitative estimate of drug-likeness (QED) is 0.624. The average molecular weight is 504 g/mol. The maximum Gasteiger partial charge on any atom is 0.254 e. The molecule has 3 aliphatic rings. The molecule has 1 aromatic heterocycles. The fraction of sp³-hybridized carbons (Fsp3) is 0.429. The summed E-state index contributed by atoms with van der Waals surface area (Å²) in [5.41, 5.74) is 3.61. The van der Waals surface area contributed by atoms with Gasteiger partial charge in [0.25, 0.3) is 11.8 Å². The number of allylic oxidation sites excluding steroid dienone is 1. The van der Waals surface area contributed by atoms with Crippen molar-refractivity contribution in [1.29, 1.82) is 0 Å². The first-order chi connectivity index (χ1) is 17.9. The van der Waals surface area contributed by atoms with Gasteiger partial charge in [0.15, 0.2) is 11.5 Å². The standard InChI is InChI=1S/C28H33N5O4/c1-4-21-16-36-24-13-20(27(34)31-15-23-17(2)11-18(3)32-28(23)35)12-22(26(24)37-21)19-5-6-25(30-14-19)33-9-7-29-8-10-33/h5-6,11-14,21,23,29H,4,7-10,15-16H2,1-3H3,(H,31,34). The zero-order valence-electron chi connectivity index (χ0n) is 21.5. The Bertz CT molecular complexity index is 1250. The van der Waals surface area contributed by atoms with Crippen molar-refractivity contribution in [3.05, 3.63) is 47.7 Å². The number of nitrogens with zero attached hydrogens (tertiary/aromatic N) is 3. The van der Waals surface area contributed by atoms with E-state index in [1.807, 2.05) is 37.4 Å². The van der Waals surface area contributed by atoms with Crippen LogP contribution >= 0.6 is 0 Å². The minimum atomic E-state index is -0.462. The number of hydrogen-bond donors (Lipinski definition) is 2. The zero-order valence-corrected chi connectivity index (χ0v) is 21.5. The summed E-state index contributed by atoms with van der Waals surface area (Å²) in [6.07, 6.45) is 4.45. The number of aliphatic imine (C=N–C) groups is 1. The van der Waals surface area contributed by atoms with E-state index in [1.165, 1.54) is 0 Å². The van der Waals surface area contributed by atoms with Crippen LogP contribution in [0.15, 0.2) is 47.1 Å². The Balaban J connectivity index is 1.41. The smallest absolute Gasteiger partial charge is 0.254 e. The van der Waals surface area contributed by atoms with E-state index in [4.69, 9.17) is 14.5 Å². The number of anilines is 1. The Kier molecular flexibility index (Phi) is 7.23. The Morgan fingerprint density at radius 2 is 2.03 bits per heavy atom. The molecule has 9 heteroatoms. The van der Waals surface area contributed by atoms with Crippen molar-refractivity contribution in [2.24, 2.45) is 10.9 Å². The number of pyridine rings is 1. The summed E-state index contributed by atoms with van der Waals surface area (Å²) in [5, 5.41) is 6.26. The van der Waals surface area contributed by atoms with Crippen LogP contribution in [0.5, 0.6) is 11.5 Å². The van der Waals surface area contributed by atoms with Crippen molar-refractivity contribution >= 4 is 23.3 Å². The molecule has 5 rings (SSSR count). The van der Waals surface area contributed by atoms with Gasteiger partial charge in [0.2, 0.25) is 0 Å². The highest BCUT2D eigenvalue weighted by atomic mass is 16.6. The van der Waals surface area contributed by atoms with Gasteiger partial charge in [0.1, 0.15) is 18.5 Å². The molecule has 2 amide bonds. The fourth-order valence-corrected chi connectivity index (χ4v) is 4.84. The number of rotatable bonds is 6. The number of hydrogen-bond acceptors (Lipinski definition) is 7. The van der Waals surface area contributed by atoms with E-state index in [1.54, 1.807) is 13.0 Å². The monoisotopic (exact) mass is 503 g/mol. The summed E-state index contributed by atoms with van der Waals surface area (Å²) in [4.78, 5) is 36.6. The van der Waals surface area contributed by atoms with Crippen LogP contribution in [0.4, 0.5) is 5.82 Å². The molecule has 4 heterocycles. The molecule has 2 N–H and O–H groups in total. The number of amides is 2. The molecule has 2 unspecified atom stereocenters. The lowest BCUT2D eigenvalue weighted by Crippen LogP contribution is -2.43. The molecule has 194 valence electrons. The second-order valence-electron chi connectivity index (χ2n) is 9.69. The van der Waals surface area contributed by atoms with Gasteiger partial charge in [-0.3, -0.25) is 9.59 Å². The predicted octanol–water partition coefficient (Wildman–Crippen LogP) is 3.00. The first kappa shape index (κ1) is 25.0. The van der Waals surface area contributed by atoms with Crippen molar-refractivity contribution in [2.45, 2.75) is 33.3 Å². The largest absolute Gasteiger partial charge is 0.486 e. The van der Waals surface area contributed by atoms with Gasteiger partial charge in [-0.15, -0.1) is 0 Å². The summed E-state index contributed by atoms with van der Waals surface area (Å²) in [6, 6.07) is 7.53. The molecule has 2 atom stereocenters. The lowest BCUT2D eigenvalue weighted by molar-refractivity contribution is -0.120. The van der Waals surface area contributed by atoms with Crippen molar-refractivity contribution in [3.8, 4) is 22.6 Å². The van der Waals surface area contributed by atoms with Crippen LogP contribution in [-0.2, 0) is 4.79 Å². The lowest BCUT2D eigenvalue weighted by atomic mass is 9.95. The molecular weight excluding hydrogens is 470 g/mol. The van der Waals surface area contributed by atoms with Crippen LogP contribution in [-0.4, -0.2) is 67.9 Å². The summed E-state index contributed by atoms with van der Waals surface area (Å²) in [6.45, 7) is 10.0. The van der Waals surface area contributed by atoms with E-state index in [0.717, 1.165) is 55.1 Å². The topological polar surface area (TPSA) is 105 Å². The molecule has 0 saturated carbocycles. The van der Waals surface area contributed by atoms with E-state index in [2.05, 4.69) is 27.4 Å². The molecule has 9 nitrogen and oxygen atoms in total. The summed E-state index contributed by atoms with van der Waals surface area (Å²) in [7, 11) is 0. The molecule has 3 aliphatic heterocycles. The number of piperazine rings is 1. The average Bonchev–Trinajstić information content (AvgIpc) is 2.92. The van der Waals surface area contributed by atoms with Crippen LogP contribution in [0.3, 0.4) is 0 Å². The van der Waals surface area contributed by atoms with Gasteiger partial charge >= 0.3 is 0 Å². The van der Waals surface area contributed by atoms with Crippen LogP contribution in [0.2, 0.25) is 0 Å². The first-order valence-electron chi connectivity index (χ1n) is 12.9. The second kappa shape index (κ2) is 10.7. The minimum absolute atomic E-state index is 0.0601. The first-order valence-corrected chi connectivity index (χ1v) is 12.9. The number of carbonyl (C=O) groups excluding carboxylic acids is 2. The van der Waals surface area contributed by atoms with E-state index in [9.17, 15) is 9.59 Å². The van der Waals surface area contributed by atoms with Gasteiger partial charge in [-0.1, -0.05) is 12.5 Å². The minimum Gasteiger partial charge on any atom is -0.486 e. The zero-order chi connectivity index (χ0) is 25.9. The van der Waals surface area contributed by atoms with E-state index in [0.29, 0.717) is 29.4 Å². The predicted molar refractivity (Wildman–Crippen MR) is 143 cm³/mol. The van der Waals surface area contributed by atoms with Gasteiger partial charge < -0.3 is 25.0 Å². The fourth-order valence-electron chi connectivity index (χ4n) is 4.84. The van der Waals surface area contributed by atoms with E-state index in [-0.39, 0.29) is 24.5 Å². The molecule has 0 aliphatic carbocycles. The number of dihydropyridines is 1. The maximum absolute atomic E-state index is 13.2. The Hall–Kier alpha value is -3.72. The highest BCUT2D eigenvalue weighted by Crippen LogP contribution is 2.42. The number of ether oxygens (including phenoxy) is 2. The molecule has 1 fully saturated rings. The van der Waals surface area contributed by atoms with Gasteiger partial charge in [0, 0.05) is 61.3 Å². The molecular formula is C28H33N5O4. The Labute approximate surface area is 217 Å². The highest BCUT2D eigenvalue weighted by molar-refractivity contribution is 6.06. The molecule has 37 heavy (non-hydrogen) atoms. The van der Waals surface area contributed by atoms with Crippen molar-refractivity contribution < 1.29 is 19.1 Å². The number of carbonyl (C=O) groups is 2. The van der Waals surface area contributed by atoms with Crippen molar-refractivity contribution in [1.82, 2.24) is 15.6 Å². The SMILES string of the molecule is CCC1COc2cc(C(=O)NCC3C(=O)N=C(C)C=C3C)cc(-c3ccc(N4CCNCC4)nc3)c2O1. The molecule has 1 saturated heterocycles. The third kappa shape index (κ3) is 5.36. The van der Waals surface area contributed by atoms with Crippen molar-refractivity contribution in [3.63, 3.8) is 0 Å². The van der Waals surface area contributed by atoms with Gasteiger partial charge in [0.05, 0.1) is 5.92 Å². The second-order valence-corrected chi connectivity index (χ2v) is 9.69. The van der Waals surface area contributed by atoms with Gasteiger partial charge in [-0.25, -0.2) is 9.98 Å². The maximum atomic E-state index is 13.2. The number of fused-ring (bicyclic) bond motifs is 1. The highest BCUT2D eigenvalue weighted by Gasteiger charge is 2.28. The van der Waals surface area contributed by atoms with Crippen LogP contribution < -0.4 is 25.0 Å². The molecule has 2 aromatic rings. The summed E-state index contributed by atoms with van der Waals surface area (Å²) < 4.78 is 12.3. The van der Waals surface area contributed by atoms with Crippen LogP contribution in [0, 0.1) is 5.92 Å². The summed E-state index contributed by atoms with van der Waals surface area (Å²) in [5.74, 6) is 1.09. The van der Waals surface area contributed by atoms with Gasteiger partial charge in [-0.2, -0.15) is 0 Å². The third-order valence-electron chi connectivity index (χ3n) is 7.02. The number of nitrogens with one attached hydrogen (secondary N) is 2.